The van der Waals surface area contributed by atoms with Crippen LogP contribution in [0.15, 0.2) is 6.20 Å². The first-order valence-corrected chi connectivity index (χ1v) is 7.21. The van der Waals surface area contributed by atoms with Gasteiger partial charge in [-0.2, -0.15) is 0 Å². The standard InChI is InChI=1S/C16H26N2O3/c1-10(2)7-13(16(19)21-6)18-9-14-12(4)15(20-5)11(3)8-17-14/h8,10,13,18H,7,9H2,1-6H3/t13-/m1/s1. The van der Waals surface area contributed by atoms with Gasteiger partial charge in [0, 0.05) is 23.9 Å². The van der Waals surface area contributed by atoms with Gasteiger partial charge in [0.2, 0.25) is 0 Å². The Bertz CT molecular complexity index is 487. The maximum absolute atomic E-state index is 11.8. The maximum Gasteiger partial charge on any atom is 0.322 e. The van der Waals surface area contributed by atoms with E-state index in [-0.39, 0.29) is 12.0 Å². The lowest BCUT2D eigenvalue weighted by atomic mass is 10.0. The number of methoxy groups -OCH3 is 2. The van der Waals surface area contributed by atoms with Crippen molar-refractivity contribution in [2.75, 3.05) is 14.2 Å². The number of nitrogens with one attached hydrogen (secondary N) is 1. The first-order chi connectivity index (χ1) is 9.90. The van der Waals surface area contributed by atoms with Gasteiger partial charge in [0.25, 0.3) is 0 Å². The zero-order valence-corrected chi connectivity index (χ0v) is 13.8. The second kappa shape index (κ2) is 7.98. The average molecular weight is 294 g/mol. The first-order valence-electron chi connectivity index (χ1n) is 7.21. The van der Waals surface area contributed by atoms with E-state index in [0.717, 1.165) is 29.0 Å². The summed E-state index contributed by atoms with van der Waals surface area (Å²) in [6.45, 7) is 8.61. The van der Waals surface area contributed by atoms with E-state index in [1.165, 1.54) is 7.11 Å². The fourth-order valence-corrected chi connectivity index (χ4v) is 2.35. The van der Waals surface area contributed by atoms with Gasteiger partial charge in [-0.05, 0) is 26.2 Å². The van der Waals surface area contributed by atoms with Crippen LogP contribution in [0, 0.1) is 19.8 Å². The molecule has 118 valence electrons. The minimum Gasteiger partial charge on any atom is -0.496 e. The minimum absolute atomic E-state index is 0.236. The van der Waals surface area contributed by atoms with Crippen LogP contribution in [-0.2, 0) is 16.1 Å². The molecule has 1 heterocycles. The number of aryl methyl sites for hydroxylation is 1. The van der Waals surface area contributed by atoms with Gasteiger partial charge in [-0.25, -0.2) is 0 Å². The van der Waals surface area contributed by atoms with Crippen molar-refractivity contribution in [1.82, 2.24) is 10.3 Å². The number of carbonyl (C=O) groups excluding carboxylic acids is 1. The van der Waals surface area contributed by atoms with E-state index in [1.807, 2.05) is 13.8 Å². The molecule has 0 amide bonds. The molecule has 0 radical (unpaired) electrons. The minimum atomic E-state index is -0.316. The van der Waals surface area contributed by atoms with Crippen LogP contribution in [0.2, 0.25) is 0 Å². The summed E-state index contributed by atoms with van der Waals surface area (Å²) in [5, 5.41) is 3.24. The monoisotopic (exact) mass is 294 g/mol. The highest BCUT2D eigenvalue weighted by atomic mass is 16.5. The fourth-order valence-electron chi connectivity index (χ4n) is 2.35. The van der Waals surface area contributed by atoms with Gasteiger partial charge < -0.3 is 9.47 Å². The maximum atomic E-state index is 11.8. The molecule has 0 saturated carbocycles. The van der Waals surface area contributed by atoms with Crippen LogP contribution in [0.25, 0.3) is 0 Å². The number of carbonyl (C=O) groups is 1. The average Bonchev–Trinajstić information content (AvgIpc) is 2.44. The topological polar surface area (TPSA) is 60.5 Å². The van der Waals surface area contributed by atoms with Crippen molar-refractivity contribution in [3.8, 4) is 5.75 Å². The summed E-state index contributed by atoms with van der Waals surface area (Å²) in [5.41, 5.74) is 2.89. The number of nitrogens with zero attached hydrogens (tertiary/aromatic N) is 1. The van der Waals surface area contributed by atoms with Gasteiger partial charge in [-0.3, -0.25) is 15.1 Å². The number of hydrogen-bond donors (Lipinski definition) is 1. The van der Waals surface area contributed by atoms with Crippen molar-refractivity contribution in [2.24, 2.45) is 5.92 Å². The Kier molecular flexibility index (Phi) is 6.62. The van der Waals surface area contributed by atoms with Crippen molar-refractivity contribution in [2.45, 2.75) is 46.7 Å². The zero-order valence-electron chi connectivity index (χ0n) is 13.8. The van der Waals surface area contributed by atoms with E-state index in [0.29, 0.717) is 12.5 Å². The molecule has 21 heavy (non-hydrogen) atoms. The molecule has 5 nitrogen and oxygen atoms in total. The van der Waals surface area contributed by atoms with Crippen LogP contribution in [0.3, 0.4) is 0 Å². The summed E-state index contributed by atoms with van der Waals surface area (Å²) >= 11 is 0. The molecule has 0 aliphatic carbocycles. The summed E-state index contributed by atoms with van der Waals surface area (Å²) < 4.78 is 10.2. The van der Waals surface area contributed by atoms with Crippen molar-refractivity contribution < 1.29 is 14.3 Å². The van der Waals surface area contributed by atoms with E-state index in [9.17, 15) is 4.79 Å². The van der Waals surface area contributed by atoms with Crippen molar-refractivity contribution in [3.63, 3.8) is 0 Å². The highest BCUT2D eigenvalue weighted by molar-refractivity contribution is 5.75. The molecule has 1 aromatic rings. The molecule has 1 N–H and O–H groups in total. The Labute approximate surface area is 127 Å². The van der Waals surface area contributed by atoms with E-state index in [1.54, 1.807) is 13.3 Å². The lowest BCUT2D eigenvalue weighted by molar-refractivity contribution is -0.143. The molecule has 0 fully saturated rings. The number of ether oxygens (including phenoxy) is 2. The summed E-state index contributed by atoms with van der Waals surface area (Å²) in [6.07, 6.45) is 2.52. The van der Waals surface area contributed by atoms with E-state index < -0.39 is 0 Å². The molecule has 0 aliphatic rings. The van der Waals surface area contributed by atoms with Crippen molar-refractivity contribution in [1.29, 1.82) is 0 Å². The summed E-state index contributed by atoms with van der Waals surface area (Å²) in [5.74, 6) is 1.02. The third-order valence-corrected chi connectivity index (χ3v) is 3.46. The first kappa shape index (κ1) is 17.4. The molecule has 0 spiro atoms. The SMILES string of the molecule is COC(=O)[C@@H](CC(C)C)NCc1ncc(C)c(OC)c1C. The van der Waals surface area contributed by atoms with Crippen LogP contribution in [0.1, 0.15) is 37.1 Å². The molecular weight excluding hydrogens is 268 g/mol. The molecule has 0 bridgehead atoms. The van der Waals surface area contributed by atoms with Gasteiger partial charge in [0.1, 0.15) is 11.8 Å². The van der Waals surface area contributed by atoms with E-state index in [2.05, 4.69) is 24.1 Å². The van der Waals surface area contributed by atoms with Gasteiger partial charge in [0.05, 0.1) is 19.9 Å². The fraction of sp³-hybridized carbons (Fsp3) is 0.625. The lowest BCUT2D eigenvalue weighted by Crippen LogP contribution is -2.38. The summed E-state index contributed by atoms with van der Waals surface area (Å²) in [6, 6.07) is -0.316. The number of rotatable bonds is 7. The lowest BCUT2D eigenvalue weighted by Gasteiger charge is -2.19. The molecule has 0 aliphatic heterocycles. The number of hydrogen-bond acceptors (Lipinski definition) is 5. The molecule has 1 rings (SSSR count). The predicted octanol–water partition coefficient (Wildman–Crippen LogP) is 2.38. The Morgan fingerprint density at radius 1 is 1.33 bits per heavy atom. The van der Waals surface area contributed by atoms with Crippen molar-refractivity contribution in [3.05, 3.63) is 23.0 Å². The Hall–Kier alpha value is -1.62. The Morgan fingerprint density at radius 2 is 2.00 bits per heavy atom. The molecule has 0 saturated heterocycles. The second-order valence-corrected chi connectivity index (χ2v) is 5.63. The third-order valence-electron chi connectivity index (χ3n) is 3.46. The van der Waals surface area contributed by atoms with Gasteiger partial charge >= 0.3 is 5.97 Å². The molecule has 1 atom stereocenters. The normalized spacial score (nSPS) is 12.3. The predicted molar refractivity (Wildman–Crippen MR) is 82.4 cm³/mol. The van der Waals surface area contributed by atoms with Gasteiger partial charge in [-0.15, -0.1) is 0 Å². The zero-order chi connectivity index (χ0) is 16.0. The Balaban J connectivity index is 2.83. The molecular formula is C16H26N2O3. The van der Waals surface area contributed by atoms with Crippen molar-refractivity contribution >= 4 is 5.97 Å². The van der Waals surface area contributed by atoms with E-state index in [4.69, 9.17) is 9.47 Å². The molecule has 0 aromatic carbocycles. The summed E-state index contributed by atoms with van der Waals surface area (Å²) in [4.78, 5) is 16.2. The van der Waals surface area contributed by atoms with Crippen LogP contribution < -0.4 is 10.1 Å². The highest BCUT2D eigenvalue weighted by Gasteiger charge is 2.20. The number of esters is 1. The molecule has 1 aromatic heterocycles. The van der Waals surface area contributed by atoms with Gasteiger partial charge in [-0.1, -0.05) is 13.8 Å². The van der Waals surface area contributed by atoms with Crippen LogP contribution >= 0.6 is 0 Å². The Morgan fingerprint density at radius 3 is 2.52 bits per heavy atom. The smallest absolute Gasteiger partial charge is 0.322 e. The molecule has 0 unspecified atom stereocenters. The quantitative estimate of drug-likeness (QED) is 0.782. The summed E-state index contributed by atoms with van der Waals surface area (Å²) in [7, 11) is 3.07. The van der Waals surface area contributed by atoms with Crippen LogP contribution in [-0.4, -0.2) is 31.2 Å². The molecule has 5 heteroatoms. The highest BCUT2D eigenvalue weighted by Crippen LogP contribution is 2.24. The van der Waals surface area contributed by atoms with Crippen LogP contribution in [0.4, 0.5) is 0 Å². The van der Waals surface area contributed by atoms with Gasteiger partial charge in [0.15, 0.2) is 0 Å². The third kappa shape index (κ3) is 4.70. The number of aromatic nitrogens is 1. The largest absolute Gasteiger partial charge is 0.496 e. The second-order valence-electron chi connectivity index (χ2n) is 5.63. The van der Waals surface area contributed by atoms with Crippen LogP contribution in [0.5, 0.6) is 5.75 Å². The number of pyridine rings is 1. The van der Waals surface area contributed by atoms with E-state index >= 15 is 0 Å².